The van der Waals surface area contributed by atoms with Crippen molar-refractivity contribution in [2.75, 3.05) is 31.7 Å². The second-order valence-corrected chi connectivity index (χ2v) is 10.7. The van der Waals surface area contributed by atoms with Crippen molar-refractivity contribution >= 4 is 33.1 Å². The first-order valence-electron chi connectivity index (χ1n) is 11.3. The predicted octanol–water partition coefficient (Wildman–Crippen LogP) is 4.58. The van der Waals surface area contributed by atoms with Crippen LogP contribution in [0.15, 0.2) is 46.3 Å². The number of anilines is 1. The van der Waals surface area contributed by atoms with Gasteiger partial charge in [0, 0.05) is 29.9 Å². The number of sulfonamides is 1. The van der Waals surface area contributed by atoms with E-state index >= 15 is 0 Å². The zero-order valence-electron chi connectivity index (χ0n) is 19.4. The van der Waals surface area contributed by atoms with Gasteiger partial charge in [0.1, 0.15) is 22.2 Å². The van der Waals surface area contributed by atoms with Gasteiger partial charge >= 0.3 is 0 Å². The fraction of sp³-hybridized carbons (Fsp3) is 0.458. The minimum absolute atomic E-state index is 0.00546. The number of ether oxygens (including phenoxy) is 2. The van der Waals surface area contributed by atoms with Gasteiger partial charge in [-0.25, -0.2) is 8.42 Å². The molecule has 2 aromatic rings. The normalized spacial score (nSPS) is 21.4. The van der Waals surface area contributed by atoms with Crippen molar-refractivity contribution in [2.24, 2.45) is 4.99 Å². The first kappa shape index (κ1) is 23.9. The number of halogens is 1. The summed E-state index contributed by atoms with van der Waals surface area (Å²) in [6.45, 7) is 7.49. The van der Waals surface area contributed by atoms with E-state index in [0.29, 0.717) is 41.9 Å². The molecule has 4 rings (SSSR count). The molecule has 0 aliphatic carbocycles. The monoisotopic (exact) mass is 491 g/mol. The first-order chi connectivity index (χ1) is 15.8. The number of benzene rings is 2. The molecule has 0 bridgehead atoms. The van der Waals surface area contributed by atoms with Crippen molar-refractivity contribution in [1.29, 1.82) is 0 Å². The van der Waals surface area contributed by atoms with Crippen LogP contribution in [0.2, 0.25) is 5.02 Å². The summed E-state index contributed by atoms with van der Waals surface area (Å²) in [7, 11) is -2.24. The zero-order valence-corrected chi connectivity index (χ0v) is 21.0. The van der Waals surface area contributed by atoms with E-state index in [-0.39, 0.29) is 22.7 Å². The van der Waals surface area contributed by atoms with Gasteiger partial charge in [0.05, 0.1) is 31.4 Å². The highest BCUT2D eigenvalue weighted by Gasteiger charge is 2.36. The molecule has 2 aliphatic heterocycles. The average Bonchev–Trinajstić information content (AvgIpc) is 3.44. The Morgan fingerprint density at radius 3 is 2.36 bits per heavy atom. The Labute approximate surface area is 201 Å². The fourth-order valence-corrected chi connectivity index (χ4v) is 6.16. The molecule has 2 heterocycles. The summed E-state index contributed by atoms with van der Waals surface area (Å²) < 4.78 is 40.0. The lowest BCUT2D eigenvalue weighted by atomic mass is 10.1. The molecule has 0 saturated carbocycles. The van der Waals surface area contributed by atoms with E-state index in [1.807, 2.05) is 38.1 Å². The average molecular weight is 492 g/mol. The van der Waals surface area contributed by atoms with E-state index in [1.165, 1.54) is 11.4 Å². The van der Waals surface area contributed by atoms with E-state index in [9.17, 15) is 8.42 Å². The summed E-state index contributed by atoms with van der Waals surface area (Å²) in [6, 6.07) is 11.0. The number of nitrogens with zero attached hydrogens (tertiary/aromatic N) is 3. The third-order valence-electron chi connectivity index (χ3n) is 6.25. The Hall–Kier alpha value is -2.29. The molecule has 2 aliphatic rings. The number of rotatable bonds is 7. The van der Waals surface area contributed by atoms with Gasteiger partial charge in [-0.05, 0) is 63.9 Å². The van der Waals surface area contributed by atoms with E-state index in [1.54, 1.807) is 12.1 Å². The summed E-state index contributed by atoms with van der Waals surface area (Å²) in [5.74, 6) is 1.47. The van der Waals surface area contributed by atoms with Crippen LogP contribution in [0.1, 0.15) is 39.2 Å². The van der Waals surface area contributed by atoms with Crippen LogP contribution >= 0.6 is 11.6 Å². The first-order valence-corrected chi connectivity index (χ1v) is 13.1. The number of methoxy groups -OCH3 is 1. The standard InChI is InChI=1S/C24H30ClN3O4S/c1-5-32-21-15-22(31-4)23(33(29,30)27-12-6-7-13-27)14-20(21)24-26-16(2)17(3)28(24)19-10-8-18(25)9-11-19/h8-11,14-17H,5-7,12-13H2,1-4H3. The van der Waals surface area contributed by atoms with Crippen LogP contribution < -0.4 is 14.4 Å². The summed E-state index contributed by atoms with van der Waals surface area (Å²) in [5.41, 5.74) is 1.55. The Bertz CT molecular complexity index is 1150. The molecule has 2 aromatic carbocycles. The van der Waals surface area contributed by atoms with Gasteiger partial charge in [0.25, 0.3) is 0 Å². The molecule has 0 aromatic heterocycles. The van der Waals surface area contributed by atoms with Gasteiger partial charge in [0.15, 0.2) is 0 Å². The molecule has 178 valence electrons. The van der Waals surface area contributed by atoms with Crippen molar-refractivity contribution < 1.29 is 17.9 Å². The maximum Gasteiger partial charge on any atom is 0.246 e. The molecule has 2 atom stereocenters. The van der Waals surface area contributed by atoms with Crippen molar-refractivity contribution in [2.45, 2.75) is 50.6 Å². The minimum atomic E-state index is -3.72. The minimum Gasteiger partial charge on any atom is -0.495 e. The molecule has 0 spiro atoms. The SMILES string of the molecule is CCOc1cc(OC)c(S(=O)(=O)N2CCCC2)cc1C1=NC(C)C(C)N1c1ccc(Cl)cc1. The van der Waals surface area contributed by atoms with E-state index < -0.39 is 10.0 Å². The zero-order chi connectivity index (χ0) is 23.8. The van der Waals surface area contributed by atoms with Gasteiger partial charge < -0.3 is 14.4 Å². The highest BCUT2D eigenvalue weighted by Crippen LogP contribution is 2.38. The quantitative estimate of drug-likeness (QED) is 0.567. The second kappa shape index (κ2) is 9.52. The molecular weight excluding hydrogens is 462 g/mol. The van der Waals surface area contributed by atoms with Crippen LogP contribution in [0, 0.1) is 0 Å². The largest absolute Gasteiger partial charge is 0.495 e. The number of aliphatic imine (C=N–C) groups is 1. The number of hydrogen-bond donors (Lipinski definition) is 0. The Morgan fingerprint density at radius 2 is 1.76 bits per heavy atom. The lowest BCUT2D eigenvalue weighted by Crippen LogP contribution is -2.37. The van der Waals surface area contributed by atoms with Gasteiger partial charge in [0.2, 0.25) is 10.0 Å². The summed E-state index contributed by atoms with van der Waals surface area (Å²) in [4.78, 5) is 7.16. The predicted molar refractivity (Wildman–Crippen MR) is 132 cm³/mol. The van der Waals surface area contributed by atoms with E-state index in [2.05, 4.69) is 11.8 Å². The smallest absolute Gasteiger partial charge is 0.246 e. The molecule has 2 unspecified atom stereocenters. The Kier molecular flexibility index (Phi) is 6.88. The Morgan fingerprint density at radius 1 is 1.09 bits per heavy atom. The summed E-state index contributed by atoms with van der Waals surface area (Å²) >= 11 is 6.12. The maximum atomic E-state index is 13.5. The topological polar surface area (TPSA) is 71.4 Å². The lowest BCUT2D eigenvalue weighted by molar-refractivity contribution is 0.333. The number of amidine groups is 1. The van der Waals surface area contributed by atoms with Crippen LogP contribution in [-0.2, 0) is 10.0 Å². The molecule has 0 amide bonds. The maximum absolute atomic E-state index is 13.5. The van der Waals surface area contributed by atoms with Crippen LogP contribution in [-0.4, -0.2) is 57.4 Å². The number of hydrogen-bond acceptors (Lipinski definition) is 6. The Balaban J connectivity index is 1.89. The van der Waals surface area contributed by atoms with Crippen molar-refractivity contribution in [3.63, 3.8) is 0 Å². The van der Waals surface area contributed by atoms with Crippen molar-refractivity contribution in [3.8, 4) is 11.5 Å². The lowest BCUT2D eigenvalue weighted by Gasteiger charge is -2.28. The third kappa shape index (κ3) is 4.44. The van der Waals surface area contributed by atoms with Crippen molar-refractivity contribution in [3.05, 3.63) is 47.0 Å². The van der Waals surface area contributed by atoms with Crippen LogP contribution in [0.4, 0.5) is 5.69 Å². The van der Waals surface area contributed by atoms with Crippen LogP contribution in [0.3, 0.4) is 0 Å². The molecule has 9 heteroatoms. The van der Waals surface area contributed by atoms with E-state index in [0.717, 1.165) is 18.5 Å². The molecule has 7 nitrogen and oxygen atoms in total. The fourth-order valence-electron chi connectivity index (χ4n) is 4.35. The molecule has 0 N–H and O–H groups in total. The molecule has 1 saturated heterocycles. The van der Waals surface area contributed by atoms with Crippen LogP contribution in [0.5, 0.6) is 11.5 Å². The van der Waals surface area contributed by atoms with Gasteiger partial charge in [-0.15, -0.1) is 0 Å². The summed E-state index contributed by atoms with van der Waals surface area (Å²) in [6.07, 6.45) is 1.72. The van der Waals surface area contributed by atoms with Gasteiger partial charge in [-0.1, -0.05) is 11.6 Å². The highest BCUT2D eigenvalue weighted by atomic mass is 35.5. The van der Waals surface area contributed by atoms with Gasteiger partial charge in [-0.3, -0.25) is 4.99 Å². The van der Waals surface area contributed by atoms with Crippen molar-refractivity contribution in [1.82, 2.24) is 4.31 Å². The second-order valence-electron chi connectivity index (χ2n) is 8.32. The molecule has 0 radical (unpaired) electrons. The molecule has 33 heavy (non-hydrogen) atoms. The van der Waals surface area contributed by atoms with Crippen LogP contribution in [0.25, 0.3) is 0 Å². The van der Waals surface area contributed by atoms with Gasteiger partial charge in [-0.2, -0.15) is 4.31 Å². The third-order valence-corrected chi connectivity index (χ3v) is 8.43. The molecule has 1 fully saturated rings. The summed E-state index contributed by atoms with van der Waals surface area (Å²) in [5, 5.41) is 0.649. The molecular formula is C24H30ClN3O4S. The van der Waals surface area contributed by atoms with E-state index in [4.69, 9.17) is 26.1 Å². The highest BCUT2D eigenvalue weighted by molar-refractivity contribution is 7.89.